The summed E-state index contributed by atoms with van der Waals surface area (Å²) in [5.41, 5.74) is 2.50. The van der Waals surface area contributed by atoms with Crippen LogP contribution in [0.15, 0.2) is 40.2 Å². The summed E-state index contributed by atoms with van der Waals surface area (Å²) in [5.74, 6) is 0. The number of anilines is 1. The molecule has 0 unspecified atom stereocenters. The van der Waals surface area contributed by atoms with Crippen LogP contribution in [0.5, 0.6) is 0 Å². The lowest BCUT2D eigenvalue weighted by Crippen LogP contribution is -1.98. The molecule has 0 saturated carbocycles. The molecule has 3 heteroatoms. The van der Waals surface area contributed by atoms with E-state index in [1.54, 1.807) is 11.3 Å². The van der Waals surface area contributed by atoms with Gasteiger partial charge in [-0.1, -0.05) is 18.2 Å². The predicted octanol–water partition coefficient (Wildman–Crippen LogP) is 4.43. The van der Waals surface area contributed by atoms with Crippen LogP contribution < -0.4 is 5.32 Å². The van der Waals surface area contributed by atoms with Crippen molar-refractivity contribution in [2.75, 3.05) is 5.32 Å². The predicted molar refractivity (Wildman–Crippen MR) is 70.5 cm³/mol. The van der Waals surface area contributed by atoms with Crippen LogP contribution in [0, 0.1) is 6.92 Å². The van der Waals surface area contributed by atoms with Crippen molar-refractivity contribution in [2.24, 2.45) is 0 Å². The van der Waals surface area contributed by atoms with Gasteiger partial charge < -0.3 is 5.32 Å². The fourth-order valence-corrected chi connectivity index (χ4v) is 2.82. The molecule has 78 valence electrons. The molecule has 0 spiro atoms. The number of hydrogen-bond acceptors (Lipinski definition) is 2. The molecule has 1 aromatic heterocycles. The lowest BCUT2D eigenvalue weighted by Gasteiger charge is -2.07. The summed E-state index contributed by atoms with van der Waals surface area (Å²) >= 11 is 5.23. The van der Waals surface area contributed by atoms with Crippen LogP contribution in [0.25, 0.3) is 0 Å². The van der Waals surface area contributed by atoms with Crippen LogP contribution in [0.4, 0.5) is 5.69 Å². The zero-order chi connectivity index (χ0) is 10.7. The second-order valence-electron chi connectivity index (χ2n) is 3.37. The Kier molecular flexibility index (Phi) is 3.44. The first-order chi connectivity index (χ1) is 7.25. The Balaban J connectivity index is 2.02. The highest BCUT2D eigenvalue weighted by molar-refractivity contribution is 9.11. The van der Waals surface area contributed by atoms with Gasteiger partial charge in [-0.3, -0.25) is 0 Å². The number of benzene rings is 1. The van der Waals surface area contributed by atoms with E-state index in [0.29, 0.717) is 0 Å². The van der Waals surface area contributed by atoms with E-state index in [9.17, 15) is 0 Å². The van der Waals surface area contributed by atoms with Gasteiger partial charge in [0.15, 0.2) is 0 Å². The highest BCUT2D eigenvalue weighted by atomic mass is 79.9. The quantitative estimate of drug-likeness (QED) is 0.878. The average Bonchev–Trinajstić information content (AvgIpc) is 2.63. The van der Waals surface area contributed by atoms with Gasteiger partial charge in [0, 0.05) is 17.1 Å². The van der Waals surface area contributed by atoms with Crippen LogP contribution in [0.1, 0.15) is 10.4 Å². The molecule has 0 atom stereocenters. The number of nitrogens with one attached hydrogen (secondary N) is 1. The monoisotopic (exact) mass is 281 g/mol. The van der Waals surface area contributed by atoms with Gasteiger partial charge in [-0.05, 0) is 46.6 Å². The summed E-state index contributed by atoms with van der Waals surface area (Å²) in [5, 5.41) is 3.43. The van der Waals surface area contributed by atoms with Gasteiger partial charge in [0.05, 0.1) is 3.79 Å². The summed E-state index contributed by atoms with van der Waals surface area (Å²) in [6.07, 6.45) is 0. The van der Waals surface area contributed by atoms with Crippen molar-refractivity contribution in [3.63, 3.8) is 0 Å². The fraction of sp³-hybridized carbons (Fsp3) is 0.167. The molecular formula is C12H12BrNS. The molecular weight excluding hydrogens is 270 g/mol. The molecule has 1 aromatic carbocycles. The largest absolute Gasteiger partial charge is 0.380 e. The van der Waals surface area contributed by atoms with Gasteiger partial charge in [-0.2, -0.15) is 0 Å². The Bertz CT molecular complexity index is 450. The highest BCUT2D eigenvalue weighted by Crippen LogP contribution is 2.23. The van der Waals surface area contributed by atoms with E-state index in [-0.39, 0.29) is 0 Å². The number of thiophene rings is 1. The summed E-state index contributed by atoms with van der Waals surface area (Å²) in [6, 6.07) is 12.6. The van der Waals surface area contributed by atoms with E-state index in [1.165, 1.54) is 19.9 Å². The number of hydrogen-bond donors (Lipinski definition) is 1. The first-order valence-corrected chi connectivity index (χ1v) is 6.40. The lowest BCUT2D eigenvalue weighted by molar-refractivity contribution is 1.18. The second-order valence-corrected chi connectivity index (χ2v) is 5.92. The van der Waals surface area contributed by atoms with Crippen LogP contribution in [-0.2, 0) is 6.54 Å². The Morgan fingerprint density at radius 2 is 2.00 bits per heavy atom. The van der Waals surface area contributed by atoms with E-state index < -0.39 is 0 Å². The number of rotatable bonds is 3. The van der Waals surface area contributed by atoms with E-state index in [1.807, 2.05) is 0 Å². The van der Waals surface area contributed by atoms with Crippen LogP contribution in [0.3, 0.4) is 0 Å². The average molecular weight is 282 g/mol. The maximum absolute atomic E-state index is 3.46. The molecule has 0 saturated heterocycles. The topological polar surface area (TPSA) is 12.0 Å². The Labute approximate surface area is 102 Å². The normalized spacial score (nSPS) is 10.3. The first-order valence-electron chi connectivity index (χ1n) is 4.79. The maximum atomic E-state index is 3.46. The smallest absolute Gasteiger partial charge is 0.0702 e. The molecule has 0 bridgehead atoms. The van der Waals surface area contributed by atoms with Crippen molar-refractivity contribution >= 4 is 33.0 Å². The number of halogens is 1. The second kappa shape index (κ2) is 4.81. The van der Waals surface area contributed by atoms with Gasteiger partial charge in [-0.25, -0.2) is 0 Å². The van der Waals surface area contributed by atoms with E-state index in [2.05, 4.69) is 64.6 Å². The van der Waals surface area contributed by atoms with Gasteiger partial charge in [0.2, 0.25) is 0 Å². The molecule has 1 nitrogen and oxygen atoms in total. The molecule has 0 aliphatic carbocycles. The maximum Gasteiger partial charge on any atom is 0.0702 e. The SMILES string of the molecule is Cc1ccccc1NCc1ccc(Br)s1. The van der Waals surface area contributed by atoms with Crippen LogP contribution >= 0.6 is 27.3 Å². The van der Waals surface area contributed by atoms with E-state index in [0.717, 1.165) is 6.54 Å². The zero-order valence-electron chi connectivity index (χ0n) is 8.46. The van der Waals surface area contributed by atoms with Crippen molar-refractivity contribution in [3.05, 3.63) is 50.6 Å². The van der Waals surface area contributed by atoms with Gasteiger partial charge in [0.1, 0.15) is 0 Å². The van der Waals surface area contributed by atoms with E-state index in [4.69, 9.17) is 0 Å². The molecule has 2 aromatic rings. The summed E-state index contributed by atoms with van der Waals surface area (Å²) < 4.78 is 1.18. The molecule has 0 fully saturated rings. The minimum atomic E-state index is 0.890. The lowest BCUT2D eigenvalue weighted by atomic mass is 10.2. The van der Waals surface area contributed by atoms with Crippen LogP contribution in [-0.4, -0.2) is 0 Å². The Hall–Kier alpha value is -0.800. The van der Waals surface area contributed by atoms with Crippen molar-refractivity contribution in [3.8, 4) is 0 Å². The molecule has 0 aliphatic heterocycles. The van der Waals surface area contributed by atoms with Gasteiger partial charge in [0.25, 0.3) is 0 Å². The van der Waals surface area contributed by atoms with Crippen molar-refractivity contribution in [2.45, 2.75) is 13.5 Å². The third-order valence-corrected chi connectivity index (χ3v) is 3.85. The van der Waals surface area contributed by atoms with Crippen molar-refractivity contribution in [1.29, 1.82) is 0 Å². The molecule has 0 aliphatic rings. The highest BCUT2D eigenvalue weighted by Gasteiger charge is 1.99. The molecule has 0 amide bonds. The fourth-order valence-electron chi connectivity index (χ4n) is 1.40. The number of para-hydroxylation sites is 1. The minimum Gasteiger partial charge on any atom is -0.380 e. The Morgan fingerprint density at radius 3 is 2.67 bits per heavy atom. The standard InChI is InChI=1S/C12H12BrNS/c1-9-4-2-3-5-11(9)14-8-10-6-7-12(13)15-10/h2-7,14H,8H2,1H3. The van der Waals surface area contributed by atoms with Gasteiger partial charge in [-0.15, -0.1) is 11.3 Å². The Morgan fingerprint density at radius 1 is 1.20 bits per heavy atom. The minimum absolute atomic E-state index is 0.890. The summed E-state index contributed by atoms with van der Waals surface area (Å²) in [7, 11) is 0. The summed E-state index contributed by atoms with van der Waals surface area (Å²) in [6.45, 7) is 3.01. The molecule has 15 heavy (non-hydrogen) atoms. The van der Waals surface area contributed by atoms with Crippen molar-refractivity contribution in [1.82, 2.24) is 0 Å². The molecule has 1 N–H and O–H groups in total. The summed E-state index contributed by atoms with van der Waals surface area (Å²) in [4.78, 5) is 1.34. The van der Waals surface area contributed by atoms with E-state index >= 15 is 0 Å². The number of aryl methyl sites for hydroxylation is 1. The zero-order valence-corrected chi connectivity index (χ0v) is 10.9. The van der Waals surface area contributed by atoms with Crippen LogP contribution in [0.2, 0.25) is 0 Å². The third-order valence-electron chi connectivity index (χ3n) is 2.23. The van der Waals surface area contributed by atoms with Crippen molar-refractivity contribution < 1.29 is 0 Å². The molecule has 1 heterocycles. The first kappa shape index (κ1) is 10.7. The molecule has 0 radical (unpaired) electrons. The third kappa shape index (κ3) is 2.83. The molecule has 2 rings (SSSR count). The van der Waals surface area contributed by atoms with Gasteiger partial charge >= 0.3 is 0 Å².